The number of carbonyl (C=O) groups is 2. The van der Waals surface area contributed by atoms with Gasteiger partial charge >= 0.3 is 6.03 Å². The second-order valence-electron chi connectivity index (χ2n) is 7.14. The molecule has 1 unspecified atom stereocenters. The van der Waals surface area contributed by atoms with E-state index in [9.17, 15) is 9.59 Å². The Labute approximate surface area is 171 Å². The Kier molecular flexibility index (Phi) is 7.16. The Morgan fingerprint density at radius 3 is 2.21 bits per heavy atom. The molecule has 9 nitrogen and oxygen atoms in total. The fourth-order valence-corrected chi connectivity index (χ4v) is 3.58. The molecular weight excluding hydrogens is 376 g/mol. The number of nitrogens with zero attached hydrogens (tertiary/aromatic N) is 3. The molecule has 2 saturated heterocycles. The molecule has 1 atom stereocenters. The maximum atomic E-state index is 12.7. The number of piperazine rings is 1. The maximum absolute atomic E-state index is 12.7. The van der Waals surface area contributed by atoms with Crippen LogP contribution in [0.2, 0.25) is 0 Å². The lowest BCUT2D eigenvalue weighted by Gasteiger charge is -2.40. The van der Waals surface area contributed by atoms with Crippen LogP contribution in [0.25, 0.3) is 0 Å². The summed E-state index contributed by atoms with van der Waals surface area (Å²) in [5, 5.41) is 2.93. The number of morpholine rings is 1. The molecule has 3 rings (SSSR count). The molecule has 2 aliphatic heterocycles. The molecule has 2 fully saturated rings. The third kappa shape index (κ3) is 5.10. The number of carbonyl (C=O) groups excluding carboxylic acids is 2. The molecule has 0 saturated carbocycles. The molecule has 3 amide bonds. The van der Waals surface area contributed by atoms with Crippen molar-refractivity contribution in [3.05, 3.63) is 18.2 Å². The van der Waals surface area contributed by atoms with Gasteiger partial charge in [0, 0.05) is 51.0 Å². The fraction of sp³-hybridized carbons (Fsp3) is 0.600. The van der Waals surface area contributed by atoms with Crippen LogP contribution in [0.5, 0.6) is 11.5 Å². The molecule has 2 heterocycles. The van der Waals surface area contributed by atoms with Crippen LogP contribution in [0, 0.1) is 0 Å². The van der Waals surface area contributed by atoms with Gasteiger partial charge in [0.15, 0.2) is 11.5 Å². The van der Waals surface area contributed by atoms with E-state index in [1.54, 1.807) is 32.4 Å². The van der Waals surface area contributed by atoms with Crippen LogP contribution in [0.4, 0.5) is 10.5 Å². The zero-order valence-electron chi connectivity index (χ0n) is 17.3. The Balaban J connectivity index is 1.51. The molecule has 1 N–H and O–H groups in total. The van der Waals surface area contributed by atoms with Gasteiger partial charge in [-0.05, 0) is 19.1 Å². The minimum absolute atomic E-state index is 0.0652. The van der Waals surface area contributed by atoms with Crippen molar-refractivity contribution >= 4 is 17.6 Å². The summed E-state index contributed by atoms with van der Waals surface area (Å²) in [6.45, 7) is 6.92. The summed E-state index contributed by atoms with van der Waals surface area (Å²) in [5.74, 6) is 1.08. The van der Waals surface area contributed by atoms with Gasteiger partial charge in [-0.1, -0.05) is 0 Å². The van der Waals surface area contributed by atoms with Crippen molar-refractivity contribution in [2.75, 3.05) is 72.0 Å². The van der Waals surface area contributed by atoms with Crippen molar-refractivity contribution in [3.8, 4) is 11.5 Å². The normalized spacial score (nSPS) is 18.9. The molecule has 0 radical (unpaired) electrons. The molecule has 29 heavy (non-hydrogen) atoms. The van der Waals surface area contributed by atoms with Gasteiger partial charge < -0.3 is 29.3 Å². The van der Waals surface area contributed by atoms with E-state index >= 15 is 0 Å². The Morgan fingerprint density at radius 1 is 0.966 bits per heavy atom. The van der Waals surface area contributed by atoms with E-state index in [0.29, 0.717) is 69.7 Å². The number of benzene rings is 1. The average Bonchev–Trinajstić information content (AvgIpc) is 2.78. The number of hydrogen-bond donors (Lipinski definition) is 1. The number of anilines is 1. The standard InChI is InChI=1S/C20H30N4O5/c1-15(19(25)21-16-4-5-17(27-2)18(14-16)28-3)22-6-8-23(9-7-22)20(26)24-10-12-29-13-11-24/h4-5,14-15H,6-13H2,1-3H3,(H,21,25). The van der Waals surface area contributed by atoms with E-state index in [2.05, 4.69) is 10.2 Å². The Hall–Kier alpha value is -2.52. The van der Waals surface area contributed by atoms with Gasteiger partial charge in [-0.25, -0.2) is 4.79 Å². The van der Waals surface area contributed by atoms with Gasteiger partial charge in [-0.15, -0.1) is 0 Å². The number of ether oxygens (including phenoxy) is 3. The summed E-state index contributed by atoms with van der Waals surface area (Å²) in [5.41, 5.74) is 0.653. The van der Waals surface area contributed by atoms with E-state index in [1.165, 1.54) is 0 Å². The highest BCUT2D eigenvalue weighted by Gasteiger charge is 2.30. The van der Waals surface area contributed by atoms with Gasteiger partial charge in [0.05, 0.1) is 33.5 Å². The second kappa shape index (κ2) is 9.80. The van der Waals surface area contributed by atoms with Crippen molar-refractivity contribution in [2.45, 2.75) is 13.0 Å². The summed E-state index contributed by atoms with van der Waals surface area (Å²) in [4.78, 5) is 31.1. The summed E-state index contributed by atoms with van der Waals surface area (Å²) < 4.78 is 15.8. The molecule has 2 aliphatic rings. The topological polar surface area (TPSA) is 83.6 Å². The zero-order valence-corrected chi connectivity index (χ0v) is 17.3. The van der Waals surface area contributed by atoms with Gasteiger partial charge in [0.25, 0.3) is 0 Å². The lowest BCUT2D eigenvalue weighted by molar-refractivity contribution is -0.121. The molecule has 160 valence electrons. The number of nitrogens with one attached hydrogen (secondary N) is 1. The molecule has 0 aromatic heterocycles. The molecule has 0 bridgehead atoms. The summed E-state index contributed by atoms with van der Waals surface area (Å²) in [6.07, 6.45) is 0. The smallest absolute Gasteiger partial charge is 0.320 e. The van der Waals surface area contributed by atoms with E-state index < -0.39 is 0 Å². The molecular formula is C20H30N4O5. The number of urea groups is 1. The van der Waals surface area contributed by atoms with Crippen molar-refractivity contribution < 1.29 is 23.8 Å². The van der Waals surface area contributed by atoms with Gasteiger partial charge in [-0.2, -0.15) is 0 Å². The molecule has 1 aromatic carbocycles. The molecule has 0 aliphatic carbocycles. The first-order valence-electron chi connectivity index (χ1n) is 9.92. The average molecular weight is 406 g/mol. The van der Waals surface area contributed by atoms with Crippen LogP contribution in [0.15, 0.2) is 18.2 Å². The lowest BCUT2D eigenvalue weighted by Crippen LogP contribution is -2.57. The lowest BCUT2D eigenvalue weighted by atomic mass is 10.2. The molecule has 0 spiro atoms. The highest BCUT2D eigenvalue weighted by atomic mass is 16.5. The fourth-order valence-electron chi connectivity index (χ4n) is 3.58. The Morgan fingerprint density at radius 2 is 1.59 bits per heavy atom. The highest BCUT2D eigenvalue weighted by Crippen LogP contribution is 2.29. The number of methoxy groups -OCH3 is 2. The Bertz CT molecular complexity index is 715. The van der Waals surface area contributed by atoms with Crippen molar-refractivity contribution in [1.29, 1.82) is 0 Å². The first-order chi connectivity index (χ1) is 14.0. The van der Waals surface area contributed by atoms with Crippen LogP contribution in [0.3, 0.4) is 0 Å². The van der Waals surface area contributed by atoms with Crippen LogP contribution in [-0.4, -0.2) is 99.4 Å². The van der Waals surface area contributed by atoms with Gasteiger partial charge in [0.2, 0.25) is 5.91 Å². The summed E-state index contributed by atoms with van der Waals surface area (Å²) in [6, 6.07) is 5.04. The van der Waals surface area contributed by atoms with E-state index in [-0.39, 0.29) is 18.0 Å². The number of amides is 3. The zero-order chi connectivity index (χ0) is 20.8. The SMILES string of the molecule is COc1ccc(NC(=O)C(C)N2CCN(C(=O)N3CCOCC3)CC2)cc1OC. The van der Waals surface area contributed by atoms with Gasteiger partial charge in [0.1, 0.15) is 0 Å². The number of hydrogen-bond acceptors (Lipinski definition) is 6. The van der Waals surface area contributed by atoms with E-state index in [1.807, 2.05) is 16.7 Å². The minimum Gasteiger partial charge on any atom is -0.493 e. The first kappa shape index (κ1) is 21.2. The van der Waals surface area contributed by atoms with Crippen LogP contribution in [0.1, 0.15) is 6.92 Å². The van der Waals surface area contributed by atoms with Crippen molar-refractivity contribution in [2.24, 2.45) is 0 Å². The first-order valence-corrected chi connectivity index (χ1v) is 9.92. The monoisotopic (exact) mass is 406 g/mol. The minimum atomic E-state index is -0.302. The maximum Gasteiger partial charge on any atom is 0.320 e. The largest absolute Gasteiger partial charge is 0.493 e. The van der Waals surface area contributed by atoms with E-state index in [4.69, 9.17) is 14.2 Å². The van der Waals surface area contributed by atoms with Crippen LogP contribution in [-0.2, 0) is 9.53 Å². The quantitative estimate of drug-likeness (QED) is 0.789. The van der Waals surface area contributed by atoms with Gasteiger partial charge in [-0.3, -0.25) is 9.69 Å². The van der Waals surface area contributed by atoms with E-state index in [0.717, 1.165) is 0 Å². The third-order valence-electron chi connectivity index (χ3n) is 5.44. The predicted octanol–water partition coefficient (Wildman–Crippen LogP) is 1.10. The summed E-state index contributed by atoms with van der Waals surface area (Å²) in [7, 11) is 3.13. The molecule has 9 heteroatoms. The molecule has 1 aromatic rings. The second-order valence-corrected chi connectivity index (χ2v) is 7.14. The van der Waals surface area contributed by atoms with Crippen molar-refractivity contribution in [1.82, 2.24) is 14.7 Å². The van der Waals surface area contributed by atoms with Crippen LogP contribution >= 0.6 is 0 Å². The highest BCUT2D eigenvalue weighted by molar-refractivity contribution is 5.94. The van der Waals surface area contributed by atoms with Crippen LogP contribution < -0.4 is 14.8 Å². The predicted molar refractivity (Wildman–Crippen MR) is 109 cm³/mol. The third-order valence-corrected chi connectivity index (χ3v) is 5.44. The summed E-state index contributed by atoms with van der Waals surface area (Å²) >= 11 is 0. The number of rotatable bonds is 5. The van der Waals surface area contributed by atoms with Crippen molar-refractivity contribution in [3.63, 3.8) is 0 Å².